The van der Waals surface area contributed by atoms with E-state index in [9.17, 15) is 39.9 Å². The van der Waals surface area contributed by atoms with E-state index in [1.807, 2.05) is 0 Å². The van der Waals surface area contributed by atoms with Gasteiger partial charge in [0.05, 0.1) is 18.3 Å². The lowest BCUT2D eigenvalue weighted by molar-refractivity contribution is -0.268. The first-order valence-corrected chi connectivity index (χ1v) is 10.7. The summed E-state index contributed by atoms with van der Waals surface area (Å²) in [5.41, 5.74) is -0.679. The second kappa shape index (κ2) is 9.02. The molecule has 186 valence electrons. The number of ether oxygens (including phenoxy) is 3. The van der Waals surface area contributed by atoms with Crippen molar-refractivity contribution in [2.24, 2.45) is 0 Å². The van der Waals surface area contributed by atoms with Crippen molar-refractivity contribution in [3.63, 3.8) is 0 Å². The van der Waals surface area contributed by atoms with Crippen molar-refractivity contribution < 1.29 is 54.1 Å². The van der Waals surface area contributed by atoms with Crippen molar-refractivity contribution >= 4 is 17.5 Å². The molecule has 5 atom stereocenters. The molecule has 4 rings (SSSR count). The smallest absolute Gasteiger partial charge is 0.308 e. The number of fused-ring (bicyclic) bond motifs is 2. The molecule has 0 aromatic heterocycles. The minimum Gasteiger partial charge on any atom is -0.507 e. The maximum atomic E-state index is 13.4. The molecule has 35 heavy (non-hydrogen) atoms. The van der Waals surface area contributed by atoms with Crippen molar-refractivity contribution in [3.05, 3.63) is 51.6 Å². The van der Waals surface area contributed by atoms with E-state index in [1.54, 1.807) is 0 Å². The van der Waals surface area contributed by atoms with Crippen LogP contribution >= 0.6 is 0 Å². The third-order valence-corrected chi connectivity index (χ3v) is 6.13. The molecule has 11 nitrogen and oxygen atoms in total. The molecule has 1 saturated heterocycles. The number of ketones is 2. The summed E-state index contributed by atoms with van der Waals surface area (Å²) in [6, 6.07) is 3.66. The van der Waals surface area contributed by atoms with E-state index in [1.165, 1.54) is 32.0 Å². The van der Waals surface area contributed by atoms with E-state index >= 15 is 0 Å². The summed E-state index contributed by atoms with van der Waals surface area (Å²) >= 11 is 0. The van der Waals surface area contributed by atoms with Gasteiger partial charge in [0.1, 0.15) is 35.6 Å². The van der Waals surface area contributed by atoms with Crippen LogP contribution in [0.3, 0.4) is 0 Å². The molecular formula is C24H24O11. The first-order chi connectivity index (χ1) is 16.5. The zero-order valence-corrected chi connectivity index (χ0v) is 19.0. The largest absolute Gasteiger partial charge is 0.507 e. The van der Waals surface area contributed by atoms with Crippen molar-refractivity contribution in [1.82, 2.24) is 0 Å². The maximum absolute atomic E-state index is 13.4. The summed E-state index contributed by atoms with van der Waals surface area (Å²) in [5, 5.41) is 50.8. The number of phenols is 1. The lowest BCUT2D eigenvalue weighted by Gasteiger charge is -2.39. The predicted molar refractivity (Wildman–Crippen MR) is 116 cm³/mol. The van der Waals surface area contributed by atoms with Crippen LogP contribution in [0, 0.1) is 6.92 Å². The van der Waals surface area contributed by atoms with Crippen LogP contribution in [-0.4, -0.2) is 73.8 Å². The lowest BCUT2D eigenvalue weighted by Crippen LogP contribution is -2.58. The summed E-state index contributed by atoms with van der Waals surface area (Å²) in [4.78, 5) is 38.1. The third-order valence-electron chi connectivity index (χ3n) is 6.13. The van der Waals surface area contributed by atoms with Gasteiger partial charge in [-0.2, -0.15) is 0 Å². The Kier molecular flexibility index (Phi) is 6.38. The summed E-state index contributed by atoms with van der Waals surface area (Å²) < 4.78 is 16.1. The molecule has 1 heterocycles. The molecular weight excluding hydrogens is 464 g/mol. The SMILES string of the molecule is CC(=O)Oc1cc(CO)c2c(c1)C(=O)c1cc(OC3OC(C)C(O)C(O)C3O)c(C)c(O)c1C2=O. The molecule has 2 aromatic rings. The van der Waals surface area contributed by atoms with Crippen LogP contribution in [0.5, 0.6) is 17.2 Å². The minimum atomic E-state index is -1.64. The van der Waals surface area contributed by atoms with Crippen LogP contribution in [0.1, 0.15) is 56.8 Å². The molecule has 0 bridgehead atoms. The van der Waals surface area contributed by atoms with Gasteiger partial charge in [-0.3, -0.25) is 14.4 Å². The Balaban J connectivity index is 1.80. The molecule has 5 N–H and O–H groups in total. The highest BCUT2D eigenvalue weighted by Crippen LogP contribution is 2.42. The lowest BCUT2D eigenvalue weighted by atomic mass is 9.80. The van der Waals surface area contributed by atoms with Gasteiger partial charge in [0.25, 0.3) is 0 Å². The fraction of sp³-hybridized carbons (Fsp3) is 0.375. The molecule has 2 aliphatic rings. The van der Waals surface area contributed by atoms with Crippen molar-refractivity contribution in [3.8, 4) is 17.2 Å². The Morgan fingerprint density at radius 2 is 1.66 bits per heavy atom. The number of carbonyl (C=O) groups excluding carboxylic acids is 3. The fourth-order valence-corrected chi connectivity index (χ4v) is 4.25. The Morgan fingerprint density at radius 3 is 2.29 bits per heavy atom. The van der Waals surface area contributed by atoms with Crippen molar-refractivity contribution in [2.45, 2.75) is 58.1 Å². The van der Waals surface area contributed by atoms with Crippen LogP contribution in [0.15, 0.2) is 18.2 Å². The topological polar surface area (TPSA) is 180 Å². The predicted octanol–water partition coefficient (Wildman–Crippen LogP) is 0.0999. The molecule has 1 fully saturated rings. The minimum absolute atomic E-state index is 0.0420. The van der Waals surface area contributed by atoms with Crippen molar-refractivity contribution in [2.75, 3.05) is 0 Å². The number of benzene rings is 2. The Morgan fingerprint density at radius 1 is 1.00 bits per heavy atom. The molecule has 1 aliphatic carbocycles. The molecule has 0 amide bonds. The van der Waals surface area contributed by atoms with Crippen LogP contribution < -0.4 is 9.47 Å². The Bertz CT molecular complexity index is 1230. The number of hydrogen-bond acceptors (Lipinski definition) is 11. The zero-order chi connectivity index (χ0) is 25.8. The second-order valence-electron chi connectivity index (χ2n) is 8.49. The highest BCUT2D eigenvalue weighted by Gasteiger charge is 2.44. The number of carbonyl (C=O) groups is 3. The standard InChI is InChI=1S/C24H24O11/c1-8-15(35-24-23(32)22(31)19(28)9(2)33-24)6-14-17(18(8)27)21(30)16-11(7-25)4-12(34-10(3)26)5-13(16)20(14)29/h4-6,9,19,22-25,27-28,31-32H,7H2,1-3H3. The Hall–Kier alpha value is -3.35. The number of rotatable bonds is 4. The van der Waals surface area contributed by atoms with Gasteiger partial charge in [-0.1, -0.05) is 0 Å². The molecule has 5 unspecified atom stereocenters. The van der Waals surface area contributed by atoms with Crippen LogP contribution in [0.4, 0.5) is 0 Å². The van der Waals surface area contributed by atoms with Gasteiger partial charge in [0.2, 0.25) is 6.29 Å². The summed E-state index contributed by atoms with van der Waals surface area (Å²) in [6.07, 6.45) is -6.91. The van der Waals surface area contributed by atoms with Gasteiger partial charge in [0, 0.05) is 29.2 Å². The summed E-state index contributed by atoms with van der Waals surface area (Å²) in [5.74, 6) is -2.79. The Labute approximate surface area is 199 Å². The summed E-state index contributed by atoms with van der Waals surface area (Å²) in [7, 11) is 0. The van der Waals surface area contributed by atoms with Gasteiger partial charge in [-0.15, -0.1) is 0 Å². The summed E-state index contributed by atoms with van der Waals surface area (Å²) in [6.45, 7) is 3.41. The van der Waals surface area contributed by atoms with Gasteiger partial charge in [-0.05, 0) is 37.6 Å². The molecule has 0 spiro atoms. The van der Waals surface area contributed by atoms with Crippen molar-refractivity contribution in [1.29, 1.82) is 0 Å². The maximum Gasteiger partial charge on any atom is 0.308 e. The van der Waals surface area contributed by atoms with E-state index in [2.05, 4.69) is 0 Å². The van der Waals surface area contributed by atoms with E-state index in [4.69, 9.17) is 14.2 Å². The van der Waals surface area contributed by atoms with Crippen LogP contribution in [0.25, 0.3) is 0 Å². The van der Waals surface area contributed by atoms with Crippen LogP contribution in [0.2, 0.25) is 0 Å². The van der Waals surface area contributed by atoms with E-state index in [-0.39, 0.29) is 44.9 Å². The quantitative estimate of drug-likeness (QED) is 0.248. The molecule has 0 radical (unpaired) electrons. The zero-order valence-electron chi connectivity index (χ0n) is 19.0. The normalized spacial score (nSPS) is 25.6. The first kappa shape index (κ1) is 24.8. The number of esters is 1. The van der Waals surface area contributed by atoms with E-state index in [0.717, 1.165) is 6.92 Å². The van der Waals surface area contributed by atoms with Crippen LogP contribution in [-0.2, 0) is 16.1 Å². The van der Waals surface area contributed by atoms with Gasteiger partial charge >= 0.3 is 5.97 Å². The highest BCUT2D eigenvalue weighted by molar-refractivity contribution is 6.30. The van der Waals surface area contributed by atoms with Gasteiger partial charge in [-0.25, -0.2) is 0 Å². The van der Waals surface area contributed by atoms with E-state index in [0.29, 0.717) is 0 Å². The molecule has 1 aliphatic heterocycles. The fourth-order valence-electron chi connectivity index (χ4n) is 4.25. The third kappa shape index (κ3) is 4.07. The number of aliphatic hydroxyl groups is 4. The van der Waals surface area contributed by atoms with Gasteiger partial charge in [0.15, 0.2) is 11.6 Å². The molecule has 11 heteroatoms. The van der Waals surface area contributed by atoms with E-state index < -0.39 is 60.6 Å². The average Bonchev–Trinajstić information content (AvgIpc) is 2.81. The molecule has 0 saturated carbocycles. The average molecular weight is 488 g/mol. The number of aliphatic hydroxyl groups excluding tert-OH is 4. The van der Waals surface area contributed by atoms with Gasteiger partial charge < -0.3 is 39.7 Å². The number of hydrogen-bond donors (Lipinski definition) is 5. The monoisotopic (exact) mass is 488 g/mol. The number of aromatic hydroxyl groups is 1. The highest BCUT2D eigenvalue weighted by atomic mass is 16.7. The molecule has 2 aromatic carbocycles. The number of phenolic OH excluding ortho intramolecular Hbond substituents is 1. The first-order valence-electron chi connectivity index (χ1n) is 10.7. The second-order valence-corrected chi connectivity index (χ2v) is 8.49.